The van der Waals surface area contributed by atoms with Gasteiger partial charge in [-0.05, 0) is 110 Å². The molecule has 294 valence electrons. The number of benzene rings is 10. The second kappa shape index (κ2) is 13.9. The molecule has 2 nitrogen and oxygen atoms in total. The third-order valence-electron chi connectivity index (χ3n) is 13.6. The molecular weight excluding hydrogens is 761 g/mol. The minimum absolute atomic E-state index is 0.509. The van der Waals surface area contributed by atoms with E-state index in [-0.39, 0.29) is 0 Å². The minimum atomic E-state index is -0.509. The van der Waals surface area contributed by atoms with Gasteiger partial charge in [-0.15, -0.1) is 0 Å². The SMILES string of the molecule is c1ccc(-c2ccc(-c3ccccc3N(c3ccccc3)c3cccc(-c4ccc5c(c4)C4(c6ccccc6-5)c5ccccc5-n5c6ccccc6c6cccc4c65)c3)cc2)cc1. The van der Waals surface area contributed by atoms with Gasteiger partial charge in [0.05, 0.1) is 27.8 Å². The summed E-state index contributed by atoms with van der Waals surface area (Å²) in [5.41, 5.74) is 21.6. The van der Waals surface area contributed by atoms with Crippen molar-refractivity contribution in [3.8, 4) is 50.2 Å². The highest BCUT2D eigenvalue weighted by molar-refractivity contribution is 6.13. The number of hydrogen-bond acceptors (Lipinski definition) is 1. The number of anilines is 3. The quantitative estimate of drug-likeness (QED) is 0.163. The fourth-order valence-electron chi connectivity index (χ4n) is 11.0. The maximum atomic E-state index is 2.52. The number of para-hydroxylation sites is 5. The predicted octanol–water partition coefficient (Wildman–Crippen LogP) is 15.9. The molecule has 63 heavy (non-hydrogen) atoms. The van der Waals surface area contributed by atoms with E-state index in [4.69, 9.17) is 0 Å². The van der Waals surface area contributed by atoms with E-state index in [1.807, 2.05) is 0 Å². The van der Waals surface area contributed by atoms with Crippen LogP contribution in [0, 0.1) is 0 Å². The topological polar surface area (TPSA) is 8.17 Å². The molecule has 1 aliphatic heterocycles. The Kier molecular flexibility index (Phi) is 7.85. The van der Waals surface area contributed by atoms with Gasteiger partial charge in [-0.25, -0.2) is 0 Å². The molecule has 1 unspecified atom stereocenters. The van der Waals surface area contributed by atoms with Gasteiger partial charge >= 0.3 is 0 Å². The number of aromatic nitrogens is 1. The summed E-state index contributed by atoms with van der Waals surface area (Å²) in [7, 11) is 0. The maximum Gasteiger partial charge on any atom is 0.0754 e. The van der Waals surface area contributed by atoms with Crippen LogP contribution >= 0.6 is 0 Å². The van der Waals surface area contributed by atoms with E-state index < -0.39 is 5.41 Å². The number of fused-ring (bicyclic) bond motifs is 12. The molecule has 1 atom stereocenters. The molecule has 10 aromatic carbocycles. The first-order chi connectivity index (χ1) is 31.3. The summed E-state index contributed by atoms with van der Waals surface area (Å²) < 4.78 is 2.52. The van der Waals surface area contributed by atoms with Gasteiger partial charge in [0, 0.05) is 27.7 Å². The molecule has 2 heterocycles. The van der Waals surface area contributed by atoms with Gasteiger partial charge in [-0.3, -0.25) is 0 Å². The summed E-state index contributed by atoms with van der Waals surface area (Å²) in [6, 6.07) is 89.5. The van der Waals surface area contributed by atoms with Gasteiger partial charge in [-0.1, -0.05) is 194 Å². The number of rotatable bonds is 6. The van der Waals surface area contributed by atoms with Gasteiger partial charge in [0.1, 0.15) is 0 Å². The lowest BCUT2D eigenvalue weighted by molar-refractivity contribution is 0.749. The molecule has 2 aliphatic rings. The zero-order valence-electron chi connectivity index (χ0n) is 34.5. The minimum Gasteiger partial charge on any atom is -0.310 e. The van der Waals surface area contributed by atoms with E-state index in [0.29, 0.717) is 0 Å². The Bertz CT molecular complexity index is 3560. The van der Waals surface area contributed by atoms with Crippen molar-refractivity contribution in [3.63, 3.8) is 0 Å². The molecule has 0 saturated heterocycles. The first-order valence-electron chi connectivity index (χ1n) is 21.8. The smallest absolute Gasteiger partial charge is 0.0754 e. The van der Waals surface area contributed by atoms with E-state index in [2.05, 4.69) is 252 Å². The van der Waals surface area contributed by atoms with E-state index in [1.165, 1.54) is 94.3 Å². The Labute approximate surface area is 367 Å². The lowest BCUT2D eigenvalue weighted by atomic mass is 9.65. The van der Waals surface area contributed by atoms with Crippen LogP contribution in [-0.2, 0) is 5.41 Å². The summed E-state index contributed by atoms with van der Waals surface area (Å²) in [4.78, 5) is 2.41. The lowest BCUT2D eigenvalue weighted by Gasteiger charge is -2.39. The third-order valence-corrected chi connectivity index (χ3v) is 13.6. The van der Waals surface area contributed by atoms with Crippen molar-refractivity contribution in [2.75, 3.05) is 4.90 Å². The van der Waals surface area contributed by atoms with E-state index in [9.17, 15) is 0 Å². The first kappa shape index (κ1) is 35.5. The van der Waals surface area contributed by atoms with E-state index in [1.54, 1.807) is 0 Å². The third kappa shape index (κ3) is 5.19. The lowest BCUT2D eigenvalue weighted by Crippen LogP contribution is -2.33. The van der Waals surface area contributed by atoms with Crippen LogP contribution in [0.15, 0.2) is 243 Å². The van der Waals surface area contributed by atoms with Crippen molar-refractivity contribution >= 4 is 38.9 Å². The van der Waals surface area contributed by atoms with Crippen LogP contribution in [0.4, 0.5) is 17.1 Å². The van der Waals surface area contributed by atoms with E-state index in [0.717, 1.165) is 17.1 Å². The molecule has 1 aliphatic carbocycles. The highest BCUT2D eigenvalue weighted by Gasteiger charge is 2.50. The summed E-state index contributed by atoms with van der Waals surface area (Å²) in [6.07, 6.45) is 0. The highest BCUT2D eigenvalue weighted by atomic mass is 15.1. The molecule has 13 rings (SSSR count). The Hall–Kier alpha value is -8.20. The largest absolute Gasteiger partial charge is 0.310 e. The van der Waals surface area contributed by atoms with Crippen LogP contribution in [0.1, 0.15) is 22.3 Å². The molecule has 2 heteroatoms. The second-order valence-electron chi connectivity index (χ2n) is 16.8. The average Bonchev–Trinajstić information content (AvgIpc) is 3.85. The van der Waals surface area contributed by atoms with Gasteiger partial charge < -0.3 is 9.47 Å². The molecule has 11 aromatic rings. The molecule has 0 amide bonds. The number of nitrogens with zero attached hydrogens (tertiary/aromatic N) is 2. The monoisotopic (exact) mass is 800 g/mol. The predicted molar refractivity (Wildman–Crippen MR) is 263 cm³/mol. The molecule has 1 spiro atoms. The van der Waals surface area contributed by atoms with Crippen molar-refractivity contribution in [1.82, 2.24) is 4.57 Å². The second-order valence-corrected chi connectivity index (χ2v) is 16.8. The molecule has 0 fully saturated rings. The highest BCUT2D eigenvalue weighted by Crippen LogP contribution is 2.61. The zero-order valence-corrected chi connectivity index (χ0v) is 34.5. The Morgan fingerprint density at radius 1 is 0.317 bits per heavy atom. The van der Waals surface area contributed by atoms with Gasteiger partial charge in [0.2, 0.25) is 0 Å². The maximum absolute atomic E-state index is 2.52. The molecule has 0 radical (unpaired) electrons. The van der Waals surface area contributed by atoms with Crippen molar-refractivity contribution in [1.29, 1.82) is 0 Å². The van der Waals surface area contributed by atoms with Crippen molar-refractivity contribution < 1.29 is 0 Å². The van der Waals surface area contributed by atoms with Crippen LogP contribution < -0.4 is 4.90 Å². The Balaban J connectivity index is 0.994. The van der Waals surface area contributed by atoms with Crippen LogP contribution in [0.25, 0.3) is 72.0 Å². The summed E-state index contributed by atoms with van der Waals surface area (Å²) in [5, 5.41) is 2.58. The molecule has 0 saturated carbocycles. The number of hydrogen-bond donors (Lipinski definition) is 0. The van der Waals surface area contributed by atoms with Crippen LogP contribution in [-0.4, -0.2) is 4.57 Å². The van der Waals surface area contributed by atoms with Gasteiger partial charge in [0.25, 0.3) is 0 Å². The molecule has 0 N–H and O–H groups in total. The zero-order chi connectivity index (χ0) is 41.5. The van der Waals surface area contributed by atoms with E-state index >= 15 is 0 Å². The fourth-order valence-corrected chi connectivity index (χ4v) is 11.0. The normalized spacial score (nSPS) is 14.4. The van der Waals surface area contributed by atoms with Crippen LogP contribution in [0.5, 0.6) is 0 Å². The molecule has 1 aromatic heterocycles. The van der Waals surface area contributed by atoms with Gasteiger partial charge in [-0.2, -0.15) is 0 Å². The van der Waals surface area contributed by atoms with Crippen LogP contribution in [0.2, 0.25) is 0 Å². The van der Waals surface area contributed by atoms with Crippen LogP contribution in [0.3, 0.4) is 0 Å². The summed E-state index contributed by atoms with van der Waals surface area (Å²) in [5.74, 6) is 0. The molecular formula is C61H40N2. The first-order valence-corrected chi connectivity index (χ1v) is 21.8. The van der Waals surface area contributed by atoms with Crippen molar-refractivity contribution in [2.24, 2.45) is 0 Å². The standard InChI is InChI=1S/C61H40N2/c1-3-17-41(18-4-1)42-33-35-43(36-34-42)48-23-8-12-30-57(48)62(46-20-5-2-6-21-46)47-22-15-19-44(39-47)45-37-38-50-49-24-7-10-27-53(49)61(56(50)40-45)54-28-11-14-32-59(54)63-58-31-13-9-25-51(58)52-26-16-29-55(61)60(52)63/h1-40H. The Morgan fingerprint density at radius 2 is 0.873 bits per heavy atom. The van der Waals surface area contributed by atoms with Crippen molar-refractivity contribution in [3.05, 3.63) is 265 Å². The fraction of sp³-hybridized carbons (Fsp3) is 0.0164. The molecule has 0 bridgehead atoms. The summed E-state index contributed by atoms with van der Waals surface area (Å²) in [6.45, 7) is 0. The average molecular weight is 801 g/mol. The van der Waals surface area contributed by atoms with Crippen molar-refractivity contribution in [2.45, 2.75) is 5.41 Å². The van der Waals surface area contributed by atoms with Gasteiger partial charge in [0.15, 0.2) is 0 Å². The Morgan fingerprint density at radius 3 is 1.73 bits per heavy atom. The summed E-state index contributed by atoms with van der Waals surface area (Å²) >= 11 is 0.